The topological polar surface area (TPSA) is 17.8 Å². The molecule has 0 spiro atoms. The van der Waals surface area contributed by atoms with Crippen LogP contribution in [0.25, 0.3) is 90.4 Å². The number of fused-ring (bicyclic) bond motifs is 10. The largest absolute Gasteiger partial charge is 0.309 e. The smallest absolute Gasteiger partial charge is 0.124 e. The summed E-state index contributed by atoms with van der Waals surface area (Å²) in [7, 11) is 0. The molecule has 4 heteroatoms. The number of aromatic nitrogens is 2. The summed E-state index contributed by atoms with van der Waals surface area (Å²) in [5.74, 6) is 0. The molecule has 0 unspecified atom stereocenters. The molecule has 0 aliphatic carbocycles. The van der Waals surface area contributed by atoms with E-state index in [1.807, 2.05) is 11.3 Å². The second-order valence-corrected chi connectivity index (χ2v) is 13.6. The van der Waals surface area contributed by atoms with Crippen LogP contribution in [0.4, 0.5) is 0 Å². The third-order valence-electron chi connectivity index (χ3n) is 9.03. The number of para-hydroxylation sites is 1. The van der Waals surface area contributed by atoms with Gasteiger partial charge in [-0.1, -0.05) is 109 Å². The van der Waals surface area contributed by atoms with Crippen LogP contribution >= 0.6 is 22.7 Å². The fraction of sp³-hybridized carbons (Fsp3) is 0. The zero-order valence-corrected chi connectivity index (χ0v) is 25.7. The van der Waals surface area contributed by atoms with Crippen LogP contribution in [0.2, 0.25) is 0 Å². The lowest BCUT2D eigenvalue weighted by Crippen LogP contribution is -1.94. The van der Waals surface area contributed by atoms with E-state index >= 15 is 0 Å². The van der Waals surface area contributed by atoms with E-state index in [2.05, 4.69) is 150 Å². The van der Waals surface area contributed by atoms with E-state index in [1.165, 1.54) is 74.3 Å². The molecule has 0 saturated carbocycles. The minimum atomic E-state index is 1.06. The Morgan fingerprint density at radius 1 is 0.489 bits per heavy atom. The molecule has 210 valence electrons. The normalized spacial score (nSPS) is 12.0. The van der Waals surface area contributed by atoms with Crippen molar-refractivity contribution in [2.45, 2.75) is 0 Å². The molecule has 45 heavy (non-hydrogen) atoms. The summed E-state index contributed by atoms with van der Waals surface area (Å²) in [6.45, 7) is 0. The molecule has 2 nitrogen and oxygen atoms in total. The highest BCUT2D eigenvalue weighted by atomic mass is 32.1. The Balaban J connectivity index is 1.16. The van der Waals surface area contributed by atoms with Gasteiger partial charge in [-0.2, -0.15) is 0 Å². The Bertz CT molecular complexity index is 2750. The number of hydrogen-bond donors (Lipinski definition) is 0. The Kier molecular flexibility index (Phi) is 5.35. The second-order valence-electron chi connectivity index (χ2n) is 11.5. The Morgan fingerprint density at radius 3 is 2.16 bits per heavy atom. The van der Waals surface area contributed by atoms with Gasteiger partial charge < -0.3 is 4.57 Å². The van der Waals surface area contributed by atoms with Gasteiger partial charge in [0.25, 0.3) is 0 Å². The first-order chi connectivity index (χ1) is 22.3. The molecule has 0 aliphatic rings. The summed E-state index contributed by atoms with van der Waals surface area (Å²) in [6.07, 6.45) is 0. The first-order valence-corrected chi connectivity index (χ1v) is 16.8. The van der Waals surface area contributed by atoms with Crippen molar-refractivity contribution >= 4 is 85.6 Å². The van der Waals surface area contributed by atoms with Crippen LogP contribution < -0.4 is 0 Å². The lowest BCUT2D eigenvalue weighted by molar-refractivity contribution is 1.19. The SMILES string of the molecule is c1ccc(-n2c3cccc(-c4ccc(-c5nc6ccc7sc8ccccc8c7c6s5)cc4)c3c3ccc4ccccc4c32)cc1. The minimum absolute atomic E-state index is 1.06. The Labute approximate surface area is 267 Å². The van der Waals surface area contributed by atoms with E-state index in [9.17, 15) is 0 Å². The van der Waals surface area contributed by atoms with E-state index in [0.717, 1.165) is 16.1 Å². The predicted molar refractivity (Wildman–Crippen MR) is 195 cm³/mol. The number of rotatable bonds is 3. The van der Waals surface area contributed by atoms with Crippen molar-refractivity contribution in [3.63, 3.8) is 0 Å². The average molecular weight is 609 g/mol. The molecule has 0 saturated heterocycles. The number of thiazole rings is 1. The van der Waals surface area contributed by atoms with Crippen LogP contribution in [0.5, 0.6) is 0 Å². The van der Waals surface area contributed by atoms with Crippen molar-refractivity contribution in [3.8, 4) is 27.4 Å². The van der Waals surface area contributed by atoms with Crippen LogP contribution in [-0.2, 0) is 0 Å². The highest BCUT2D eigenvalue weighted by Gasteiger charge is 2.19. The number of benzene rings is 7. The molecule has 7 aromatic carbocycles. The minimum Gasteiger partial charge on any atom is -0.309 e. The molecule has 10 aromatic rings. The fourth-order valence-electron chi connectivity index (χ4n) is 7.02. The third-order valence-corrected chi connectivity index (χ3v) is 11.3. The van der Waals surface area contributed by atoms with Crippen molar-refractivity contribution in [1.29, 1.82) is 0 Å². The molecule has 3 aromatic heterocycles. The maximum absolute atomic E-state index is 5.10. The van der Waals surface area contributed by atoms with Crippen LogP contribution in [0, 0.1) is 0 Å². The molecular formula is C41H24N2S2. The highest BCUT2D eigenvalue weighted by Crippen LogP contribution is 2.44. The quantitative estimate of drug-likeness (QED) is 0.195. The molecular weight excluding hydrogens is 585 g/mol. The van der Waals surface area contributed by atoms with E-state index < -0.39 is 0 Å². The van der Waals surface area contributed by atoms with Crippen LogP contribution in [0.1, 0.15) is 0 Å². The molecule has 0 radical (unpaired) electrons. The number of nitrogens with zero attached hydrogens (tertiary/aromatic N) is 2. The van der Waals surface area contributed by atoms with E-state index in [4.69, 9.17) is 4.98 Å². The maximum atomic E-state index is 5.10. The average Bonchev–Trinajstić information content (AvgIpc) is 3.80. The van der Waals surface area contributed by atoms with Gasteiger partial charge in [-0.05, 0) is 52.9 Å². The molecule has 3 heterocycles. The van der Waals surface area contributed by atoms with Crippen LogP contribution in [0.3, 0.4) is 0 Å². The summed E-state index contributed by atoms with van der Waals surface area (Å²) in [5, 5.41) is 8.78. The lowest BCUT2D eigenvalue weighted by atomic mass is 9.97. The third kappa shape index (κ3) is 3.70. The Morgan fingerprint density at radius 2 is 1.27 bits per heavy atom. The monoisotopic (exact) mass is 608 g/mol. The molecule has 0 atom stereocenters. The van der Waals surface area contributed by atoms with Crippen LogP contribution in [0.15, 0.2) is 146 Å². The first-order valence-electron chi connectivity index (χ1n) is 15.1. The van der Waals surface area contributed by atoms with Gasteiger partial charge in [0, 0.05) is 47.6 Å². The van der Waals surface area contributed by atoms with Crippen molar-refractivity contribution in [2.24, 2.45) is 0 Å². The zero-order chi connectivity index (χ0) is 29.5. The standard InChI is InChI=1S/C41H24N2S2/c1-2-10-28(11-3-1)43-34-15-8-14-29(37(34)32-22-21-25-9-4-5-12-30(25)39(32)43)26-17-19-27(20-18-26)41-42-33-23-24-36-38(40(33)45-41)31-13-6-7-16-35(31)44-36/h1-24H. The summed E-state index contributed by atoms with van der Waals surface area (Å²) in [4.78, 5) is 5.10. The highest BCUT2D eigenvalue weighted by molar-refractivity contribution is 7.28. The summed E-state index contributed by atoms with van der Waals surface area (Å²) in [5.41, 5.74) is 8.30. The van der Waals surface area contributed by atoms with E-state index in [1.54, 1.807) is 11.3 Å². The van der Waals surface area contributed by atoms with Gasteiger partial charge in [0.05, 0.1) is 21.3 Å². The van der Waals surface area contributed by atoms with E-state index in [0.29, 0.717) is 0 Å². The van der Waals surface area contributed by atoms with Crippen molar-refractivity contribution < 1.29 is 0 Å². The molecule has 0 fully saturated rings. The first kappa shape index (κ1) is 25.1. The molecule has 10 rings (SSSR count). The molecule has 0 amide bonds. The molecule has 0 aliphatic heterocycles. The predicted octanol–water partition coefficient (Wildman–Crippen LogP) is 12.2. The van der Waals surface area contributed by atoms with Crippen molar-refractivity contribution in [3.05, 3.63) is 146 Å². The fourth-order valence-corrected chi connectivity index (χ4v) is 9.33. The van der Waals surface area contributed by atoms with Crippen molar-refractivity contribution in [1.82, 2.24) is 9.55 Å². The summed E-state index contributed by atoms with van der Waals surface area (Å²) in [6, 6.07) is 52.8. The second kappa shape index (κ2) is 9.60. The van der Waals surface area contributed by atoms with Gasteiger partial charge in [-0.25, -0.2) is 4.98 Å². The molecule has 0 N–H and O–H groups in total. The van der Waals surface area contributed by atoms with E-state index in [-0.39, 0.29) is 0 Å². The number of hydrogen-bond acceptors (Lipinski definition) is 3. The lowest BCUT2D eigenvalue weighted by Gasteiger charge is -2.10. The summed E-state index contributed by atoms with van der Waals surface area (Å²) >= 11 is 3.66. The Hall–Kier alpha value is -5.29. The summed E-state index contributed by atoms with van der Waals surface area (Å²) < 4.78 is 6.36. The van der Waals surface area contributed by atoms with Gasteiger partial charge in [0.1, 0.15) is 5.01 Å². The van der Waals surface area contributed by atoms with Gasteiger partial charge in [0.2, 0.25) is 0 Å². The van der Waals surface area contributed by atoms with Gasteiger partial charge in [0.15, 0.2) is 0 Å². The zero-order valence-electron chi connectivity index (χ0n) is 24.1. The maximum Gasteiger partial charge on any atom is 0.124 e. The van der Waals surface area contributed by atoms with Gasteiger partial charge >= 0.3 is 0 Å². The van der Waals surface area contributed by atoms with Crippen molar-refractivity contribution in [2.75, 3.05) is 0 Å². The van der Waals surface area contributed by atoms with Crippen LogP contribution in [-0.4, -0.2) is 9.55 Å². The molecule has 0 bridgehead atoms. The number of thiophene rings is 1. The van der Waals surface area contributed by atoms with Gasteiger partial charge in [-0.3, -0.25) is 0 Å². The van der Waals surface area contributed by atoms with Gasteiger partial charge in [-0.15, -0.1) is 22.7 Å².